The van der Waals surface area contributed by atoms with Crippen molar-refractivity contribution in [3.05, 3.63) is 51.8 Å². The highest BCUT2D eigenvalue weighted by Gasteiger charge is 2.20. The Hall–Kier alpha value is -1.20. The summed E-state index contributed by atoms with van der Waals surface area (Å²) in [5.74, 6) is 0.916. The van der Waals surface area contributed by atoms with Crippen LogP contribution in [0.15, 0.2) is 28.9 Å². The Labute approximate surface area is 126 Å². The van der Waals surface area contributed by atoms with Gasteiger partial charge < -0.3 is 4.57 Å². The number of benzene rings is 1. The first-order valence-corrected chi connectivity index (χ1v) is 7.59. The van der Waals surface area contributed by atoms with E-state index in [1.807, 2.05) is 6.07 Å². The lowest BCUT2D eigenvalue weighted by Crippen LogP contribution is -2.31. The van der Waals surface area contributed by atoms with Crippen molar-refractivity contribution in [2.75, 3.05) is 13.6 Å². The van der Waals surface area contributed by atoms with E-state index in [0.717, 1.165) is 48.5 Å². The standard InChI is InChI=1S/C15H17BrFN3/c1-19-7-8-20-13(10-19)15(16)18-14(20)6-5-11-3-2-4-12(17)9-11/h2-4,9H,5-8,10H2,1H3. The number of fused-ring (bicyclic) bond motifs is 1. The fourth-order valence-corrected chi connectivity index (χ4v) is 3.21. The second-order valence-corrected chi connectivity index (χ2v) is 6.04. The number of hydrogen-bond donors (Lipinski definition) is 0. The average molecular weight is 338 g/mol. The number of rotatable bonds is 3. The molecule has 0 atom stereocenters. The van der Waals surface area contributed by atoms with Crippen LogP contribution < -0.4 is 0 Å². The van der Waals surface area contributed by atoms with Gasteiger partial charge in [0.2, 0.25) is 0 Å². The van der Waals surface area contributed by atoms with E-state index in [9.17, 15) is 4.39 Å². The number of halogens is 2. The molecule has 3 nitrogen and oxygen atoms in total. The quantitative estimate of drug-likeness (QED) is 0.858. The van der Waals surface area contributed by atoms with Crippen LogP contribution in [0.4, 0.5) is 4.39 Å². The monoisotopic (exact) mass is 337 g/mol. The van der Waals surface area contributed by atoms with Crippen LogP contribution >= 0.6 is 15.9 Å². The maximum Gasteiger partial charge on any atom is 0.128 e. The molecular weight excluding hydrogens is 321 g/mol. The molecule has 1 aliphatic heterocycles. The summed E-state index contributed by atoms with van der Waals surface area (Å²) in [7, 11) is 2.12. The van der Waals surface area contributed by atoms with Crippen molar-refractivity contribution in [2.45, 2.75) is 25.9 Å². The molecule has 1 aliphatic rings. The SMILES string of the molecule is CN1CCn2c(CCc3cccc(F)c3)nc(Br)c2C1. The number of nitrogens with zero attached hydrogens (tertiary/aromatic N) is 3. The van der Waals surface area contributed by atoms with E-state index in [-0.39, 0.29) is 5.82 Å². The van der Waals surface area contributed by atoms with Gasteiger partial charge in [-0.15, -0.1) is 0 Å². The third-order valence-corrected chi connectivity index (χ3v) is 4.39. The molecule has 0 fully saturated rings. The van der Waals surface area contributed by atoms with Crippen molar-refractivity contribution >= 4 is 15.9 Å². The lowest BCUT2D eigenvalue weighted by Gasteiger charge is -2.25. The summed E-state index contributed by atoms with van der Waals surface area (Å²) in [4.78, 5) is 6.91. The summed E-state index contributed by atoms with van der Waals surface area (Å²) in [6.45, 7) is 2.94. The third kappa shape index (κ3) is 2.79. The van der Waals surface area contributed by atoms with Gasteiger partial charge in [0.05, 0.1) is 5.69 Å². The van der Waals surface area contributed by atoms with Crippen molar-refractivity contribution < 1.29 is 4.39 Å². The van der Waals surface area contributed by atoms with Crippen molar-refractivity contribution in [3.8, 4) is 0 Å². The van der Waals surface area contributed by atoms with E-state index in [2.05, 4.69) is 37.4 Å². The molecule has 0 amide bonds. The number of imidazole rings is 1. The van der Waals surface area contributed by atoms with Crippen molar-refractivity contribution in [1.82, 2.24) is 14.5 Å². The van der Waals surface area contributed by atoms with Crippen molar-refractivity contribution in [3.63, 3.8) is 0 Å². The van der Waals surface area contributed by atoms with Gasteiger partial charge >= 0.3 is 0 Å². The molecule has 0 aliphatic carbocycles. The number of hydrogen-bond acceptors (Lipinski definition) is 2. The van der Waals surface area contributed by atoms with Crippen LogP contribution in [0, 0.1) is 5.82 Å². The average Bonchev–Trinajstić information content (AvgIpc) is 2.73. The van der Waals surface area contributed by atoms with Crippen LogP contribution in [0.2, 0.25) is 0 Å². The highest BCUT2D eigenvalue weighted by Crippen LogP contribution is 2.23. The molecule has 3 rings (SSSR count). The van der Waals surface area contributed by atoms with Crippen molar-refractivity contribution in [1.29, 1.82) is 0 Å². The van der Waals surface area contributed by atoms with Gasteiger partial charge in [-0.3, -0.25) is 4.90 Å². The summed E-state index contributed by atoms with van der Waals surface area (Å²) < 4.78 is 16.4. The van der Waals surface area contributed by atoms with E-state index in [0.29, 0.717) is 0 Å². The van der Waals surface area contributed by atoms with Crippen LogP contribution in [0.1, 0.15) is 17.1 Å². The lowest BCUT2D eigenvalue weighted by molar-refractivity contribution is 0.266. The molecule has 2 heterocycles. The molecule has 0 saturated heterocycles. The van der Waals surface area contributed by atoms with Crippen LogP contribution in [0.25, 0.3) is 0 Å². The van der Waals surface area contributed by atoms with Gasteiger partial charge in [0.15, 0.2) is 0 Å². The van der Waals surface area contributed by atoms with Gasteiger partial charge in [-0.1, -0.05) is 12.1 Å². The third-order valence-electron chi connectivity index (χ3n) is 3.75. The molecule has 1 aromatic heterocycles. The Balaban J connectivity index is 1.77. The van der Waals surface area contributed by atoms with Gasteiger partial charge in [0, 0.05) is 26.1 Å². The Morgan fingerprint density at radius 2 is 2.15 bits per heavy atom. The normalized spacial score (nSPS) is 15.3. The molecular formula is C15H17BrFN3. The topological polar surface area (TPSA) is 21.1 Å². The molecule has 1 aromatic carbocycles. The Bertz CT molecular complexity index is 624. The fourth-order valence-electron chi connectivity index (χ4n) is 2.66. The maximum absolute atomic E-state index is 13.2. The summed E-state index contributed by atoms with van der Waals surface area (Å²) >= 11 is 3.55. The first kappa shape index (κ1) is 13.8. The maximum atomic E-state index is 13.2. The van der Waals surface area contributed by atoms with Gasteiger partial charge in [-0.05, 0) is 47.1 Å². The lowest BCUT2D eigenvalue weighted by atomic mass is 10.1. The molecule has 0 bridgehead atoms. The molecule has 0 spiro atoms. The van der Waals surface area contributed by atoms with E-state index < -0.39 is 0 Å². The molecule has 0 radical (unpaired) electrons. The van der Waals surface area contributed by atoms with E-state index in [4.69, 9.17) is 0 Å². The zero-order valence-corrected chi connectivity index (χ0v) is 13.0. The Morgan fingerprint density at radius 1 is 1.30 bits per heavy atom. The summed E-state index contributed by atoms with van der Waals surface area (Å²) in [5.41, 5.74) is 2.26. The highest BCUT2D eigenvalue weighted by atomic mass is 79.9. The highest BCUT2D eigenvalue weighted by molar-refractivity contribution is 9.10. The Morgan fingerprint density at radius 3 is 2.95 bits per heavy atom. The molecule has 0 saturated carbocycles. The molecule has 106 valence electrons. The molecule has 0 N–H and O–H groups in total. The smallest absolute Gasteiger partial charge is 0.128 e. The molecule has 2 aromatic rings. The molecule has 0 unspecified atom stereocenters. The predicted octanol–water partition coefficient (Wildman–Crippen LogP) is 3.02. The fraction of sp³-hybridized carbons (Fsp3) is 0.400. The van der Waals surface area contributed by atoms with Crippen LogP contribution in [-0.2, 0) is 25.9 Å². The second-order valence-electron chi connectivity index (χ2n) is 5.28. The van der Waals surface area contributed by atoms with Gasteiger partial charge in [-0.25, -0.2) is 9.37 Å². The minimum Gasteiger partial charge on any atom is -0.329 e. The summed E-state index contributed by atoms with van der Waals surface area (Å²) in [6, 6.07) is 6.80. The summed E-state index contributed by atoms with van der Waals surface area (Å²) in [5, 5.41) is 0. The predicted molar refractivity (Wildman–Crippen MR) is 80.1 cm³/mol. The second kappa shape index (κ2) is 5.66. The van der Waals surface area contributed by atoms with E-state index >= 15 is 0 Å². The zero-order chi connectivity index (χ0) is 14.1. The minimum atomic E-state index is -0.171. The van der Waals surface area contributed by atoms with Gasteiger partial charge in [-0.2, -0.15) is 0 Å². The summed E-state index contributed by atoms with van der Waals surface area (Å²) in [6.07, 6.45) is 1.66. The number of aromatic nitrogens is 2. The zero-order valence-electron chi connectivity index (χ0n) is 11.4. The van der Waals surface area contributed by atoms with E-state index in [1.165, 1.54) is 11.8 Å². The number of likely N-dealkylation sites (N-methyl/N-ethyl adjacent to an activating group) is 1. The van der Waals surface area contributed by atoms with Crippen LogP contribution in [-0.4, -0.2) is 28.0 Å². The number of aryl methyl sites for hydroxylation is 2. The van der Waals surface area contributed by atoms with Gasteiger partial charge in [0.1, 0.15) is 16.2 Å². The largest absolute Gasteiger partial charge is 0.329 e. The first-order chi connectivity index (χ1) is 9.63. The Kier molecular flexibility index (Phi) is 3.89. The van der Waals surface area contributed by atoms with Crippen LogP contribution in [0.5, 0.6) is 0 Å². The molecule has 5 heteroatoms. The van der Waals surface area contributed by atoms with E-state index in [1.54, 1.807) is 12.1 Å². The van der Waals surface area contributed by atoms with Crippen molar-refractivity contribution in [2.24, 2.45) is 0 Å². The molecule has 20 heavy (non-hydrogen) atoms. The van der Waals surface area contributed by atoms with Crippen LogP contribution in [0.3, 0.4) is 0 Å². The first-order valence-electron chi connectivity index (χ1n) is 6.80. The minimum absolute atomic E-state index is 0.171. The van der Waals surface area contributed by atoms with Gasteiger partial charge in [0.25, 0.3) is 0 Å².